The van der Waals surface area contributed by atoms with Gasteiger partial charge in [0, 0.05) is 4.75 Å². The first-order valence-electron chi connectivity index (χ1n) is 3.63. The van der Waals surface area contributed by atoms with Gasteiger partial charge in [0.25, 0.3) is 0 Å². The van der Waals surface area contributed by atoms with Gasteiger partial charge in [0.2, 0.25) is 0 Å². The fourth-order valence-corrected chi connectivity index (χ4v) is 2.41. The van der Waals surface area contributed by atoms with Crippen LogP contribution in [0.25, 0.3) is 0 Å². The van der Waals surface area contributed by atoms with Crippen molar-refractivity contribution in [3.8, 4) is 0 Å². The first kappa shape index (κ1) is 7.99. The van der Waals surface area contributed by atoms with Crippen LogP contribution in [-0.2, 0) is 4.74 Å². The molecule has 1 rings (SSSR count). The zero-order valence-electron chi connectivity index (χ0n) is 6.43. The average molecular weight is 158 g/mol. The SMILES string of the molecule is C=COCC1(C)CCCS1. The van der Waals surface area contributed by atoms with E-state index in [0.29, 0.717) is 4.75 Å². The Bertz CT molecular complexity index is 116. The molecule has 1 aliphatic heterocycles. The van der Waals surface area contributed by atoms with Crippen LogP contribution in [0.2, 0.25) is 0 Å². The minimum atomic E-state index is 0.369. The highest BCUT2D eigenvalue weighted by molar-refractivity contribution is 8.00. The zero-order valence-corrected chi connectivity index (χ0v) is 7.25. The van der Waals surface area contributed by atoms with E-state index in [9.17, 15) is 0 Å². The Hall–Kier alpha value is -0.110. The summed E-state index contributed by atoms with van der Waals surface area (Å²) < 4.78 is 5.53. The summed E-state index contributed by atoms with van der Waals surface area (Å²) in [5.74, 6) is 1.29. The standard InChI is InChI=1S/C8H14OS/c1-3-9-7-8(2)5-4-6-10-8/h3H,1,4-7H2,2H3. The van der Waals surface area contributed by atoms with E-state index < -0.39 is 0 Å². The van der Waals surface area contributed by atoms with E-state index in [1.807, 2.05) is 11.8 Å². The lowest BCUT2D eigenvalue weighted by Crippen LogP contribution is -2.21. The predicted octanol–water partition coefficient (Wildman–Crippen LogP) is 2.43. The third-order valence-corrected chi connectivity index (χ3v) is 3.32. The van der Waals surface area contributed by atoms with E-state index in [1.54, 1.807) is 0 Å². The van der Waals surface area contributed by atoms with E-state index in [4.69, 9.17) is 4.74 Å². The highest BCUT2D eigenvalue weighted by Crippen LogP contribution is 2.37. The molecular weight excluding hydrogens is 144 g/mol. The molecule has 0 radical (unpaired) electrons. The molecule has 1 aliphatic rings. The van der Waals surface area contributed by atoms with Crippen LogP contribution in [0, 0.1) is 0 Å². The third-order valence-electron chi connectivity index (χ3n) is 1.81. The van der Waals surface area contributed by atoms with Gasteiger partial charge in [-0.3, -0.25) is 0 Å². The van der Waals surface area contributed by atoms with Crippen LogP contribution >= 0.6 is 11.8 Å². The lowest BCUT2D eigenvalue weighted by Gasteiger charge is -2.20. The van der Waals surface area contributed by atoms with Gasteiger partial charge in [-0.2, -0.15) is 11.8 Å². The predicted molar refractivity (Wildman–Crippen MR) is 46.2 cm³/mol. The van der Waals surface area contributed by atoms with E-state index in [1.165, 1.54) is 24.9 Å². The van der Waals surface area contributed by atoms with Crippen LogP contribution in [0.15, 0.2) is 12.8 Å². The van der Waals surface area contributed by atoms with Crippen molar-refractivity contribution in [1.29, 1.82) is 0 Å². The van der Waals surface area contributed by atoms with Crippen LogP contribution < -0.4 is 0 Å². The van der Waals surface area contributed by atoms with Crippen LogP contribution in [0.1, 0.15) is 19.8 Å². The summed E-state index contributed by atoms with van der Waals surface area (Å²) in [6.07, 6.45) is 4.15. The molecule has 0 N–H and O–H groups in total. The molecule has 1 unspecified atom stereocenters. The molecule has 0 bridgehead atoms. The maximum Gasteiger partial charge on any atom is 0.102 e. The summed E-state index contributed by atoms with van der Waals surface area (Å²) in [5, 5.41) is 0. The van der Waals surface area contributed by atoms with Gasteiger partial charge in [0.15, 0.2) is 0 Å². The molecule has 10 heavy (non-hydrogen) atoms. The number of rotatable bonds is 3. The first-order valence-corrected chi connectivity index (χ1v) is 4.62. The molecule has 0 aromatic rings. The fourth-order valence-electron chi connectivity index (χ4n) is 1.19. The number of thioether (sulfide) groups is 1. The van der Waals surface area contributed by atoms with Crippen LogP contribution in [0.4, 0.5) is 0 Å². The molecule has 0 aromatic carbocycles. The topological polar surface area (TPSA) is 9.23 Å². The Kier molecular flexibility index (Phi) is 2.66. The van der Waals surface area contributed by atoms with Crippen LogP contribution in [0.3, 0.4) is 0 Å². The zero-order chi connectivity index (χ0) is 7.45. The van der Waals surface area contributed by atoms with Crippen LogP contribution in [0.5, 0.6) is 0 Å². The Balaban J connectivity index is 2.28. The molecule has 2 heteroatoms. The van der Waals surface area contributed by atoms with Gasteiger partial charge >= 0.3 is 0 Å². The maximum absolute atomic E-state index is 5.16. The number of ether oxygens (including phenoxy) is 1. The lowest BCUT2D eigenvalue weighted by atomic mass is 10.1. The summed E-state index contributed by atoms with van der Waals surface area (Å²) in [7, 11) is 0. The van der Waals surface area contributed by atoms with Crippen molar-refractivity contribution in [1.82, 2.24) is 0 Å². The van der Waals surface area contributed by atoms with Crippen molar-refractivity contribution < 1.29 is 4.74 Å². The Morgan fingerprint density at radius 3 is 3.10 bits per heavy atom. The summed E-state index contributed by atoms with van der Waals surface area (Å²) in [5.41, 5.74) is 0. The van der Waals surface area contributed by atoms with Gasteiger partial charge in [-0.1, -0.05) is 6.58 Å². The van der Waals surface area contributed by atoms with E-state index in [0.717, 1.165) is 6.61 Å². The highest BCUT2D eigenvalue weighted by atomic mass is 32.2. The van der Waals surface area contributed by atoms with Crippen molar-refractivity contribution in [2.45, 2.75) is 24.5 Å². The average Bonchev–Trinajstić information content (AvgIpc) is 2.33. The molecule has 58 valence electrons. The molecule has 1 fully saturated rings. The minimum absolute atomic E-state index is 0.369. The molecular formula is C8H14OS. The second-order valence-corrected chi connectivity index (χ2v) is 4.56. The lowest BCUT2D eigenvalue weighted by molar-refractivity contribution is 0.218. The van der Waals surface area contributed by atoms with Crippen molar-refractivity contribution in [3.63, 3.8) is 0 Å². The molecule has 1 saturated heterocycles. The van der Waals surface area contributed by atoms with Gasteiger partial charge in [0.1, 0.15) is 6.61 Å². The van der Waals surface area contributed by atoms with Crippen molar-refractivity contribution in [2.75, 3.05) is 12.4 Å². The molecule has 1 nitrogen and oxygen atoms in total. The van der Waals surface area contributed by atoms with E-state index in [2.05, 4.69) is 13.5 Å². The van der Waals surface area contributed by atoms with Gasteiger partial charge in [-0.25, -0.2) is 0 Å². The molecule has 0 aromatic heterocycles. The minimum Gasteiger partial charge on any atom is -0.500 e. The molecule has 1 heterocycles. The second-order valence-electron chi connectivity index (χ2n) is 2.88. The molecule has 0 aliphatic carbocycles. The van der Waals surface area contributed by atoms with Gasteiger partial charge < -0.3 is 4.74 Å². The van der Waals surface area contributed by atoms with E-state index >= 15 is 0 Å². The highest BCUT2D eigenvalue weighted by Gasteiger charge is 2.29. The Morgan fingerprint density at radius 1 is 1.80 bits per heavy atom. The summed E-state index contributed by atoms with van der Waals surface area (Å²) in [4.78, 5) is 0. The Morgan fingerprint density at radius 2 is 2.60 bits per heavy atom. The quantitative estimate of drug-likeness (QED) is 0.583. The van der Waals surface area contributed by atoms with Gasteiger partial charge in [0.05, 0.1) is 6.26 Å². The number of hydrogen-bond acceptors (Lipinski definition) is 2. The normalized spacial score (nSPS) is 32.1. The van der Waals surface area contributed by atoms with Crippen molar-refractivity contribution >= 4 is 11.8 Å². The van der Waals surface area contributed by atoms with Crippen molar-refractivity contribution in [2.24, 2.45) is 0 Å². The molecule has 0 spiro atoms. The second kappa shape index (κ2) is 3.33. The fraction of sp³-hybridized carbons (Fsp3) is 0.750. The first-order chi connectivity index (χ1) is 4.77. The van der Waals surface area contributed by atoms with Gasteiger partial charge in [-0.05, 0) is 25.5 Å². The van der Waals surface area contributed by atoms with Gasteiger partial charge in [-0.15, -0.1) is 0 Å². The number of hydrogen-bond donors (Lipinski definition) is 0. The summed E-state index contributed by atoms with van der Waals surface area (Å²) >= 11 is 2.01. The van der Waals surface area contributed by atoms with E-state index in [-0.39, 0.29) is 0 Å². The monoisotopic (exact) mass is 158 g/mol. The largest absolute Gasteiger partial charge is 0.500 e. The Labute approximate surface area is 66.8 Å². The van der Waals surface area contributed by atoms with Crippen molar-refractivity contribution in [3.05, 3.63) is 12.8 Å². The van der Waals surface area contributed by atoms with Crippen LogP contribution in [-0.4, -0.2) is 17.1 Å². The third kappa shape index (κ3) is 1.94. The molecule has 0 saturated carbocycles. The molecule has 1 atom stereocenters. The molecule has 0 amide bonds. The summed E-state index contributed by atoms with van der Waals surface area (Å²) in [6.45, 7) is 6.60. The smallest absolute Gasteiger partial charge is 0.102 e. The summed E-state index contributed by atoms with van der Waals surface area (Å²) in [6, 6.07) is 0. The maximum atomic E-state index is 5.16.